The van der Waals surface area contributed by atoms with E-state index in [1.807, 2.05) is 0 Å². The first-order chi connectivity index (χ1) is 8.51. The molecule has 0 saturated carbocycles. The first-order valence-corrected chi connectivity index (χ1v) is 7.54. The van der Waals surface area contributed by atoms with Crippen LogP contribution in [0.3, 0.4) is 0 Å². The second-order valence-corrected chi connectivity index (χ2v) is 6.48. The Morgan fingerprint density at radius 3 is 2.28 bits per heavy atom. The molecule has 0 aliphatic carbocycles. The second kappa shape index (κ2) is 5.16. The third-order valence-electron chi connectivity index (χ3n) is 3.20. The minimum Gasteiger partial charge on any atom is -0.506 e. The van der Waals surface area contributed by atoms with E-state index in [4.69, 9.17) is 5.73 Å². The lowest BCUT2D eigenvalue weighted by atomic mass is 10.2. The van der Waals surface area contributed by atoms with Crippen LogP contribution in [0.2, 0.25) is 0 Å². The van der Waals surface area contributed by atoms with E-state index in [0.717, 1.165) is 25.7 Å². The van der Waals surface area contributed by atoms with Crippen molar-refractivity contribution in [1.82, 2.24) is 4.31 Å². The predicted octanol–water partition coefficient (Wildman–Crippen LogP) is 1.54. The number of nitrogens with zero attached hydrogens (tertiary/aromatic N) is 1. The Morgan fingerprint density at radius 2 is 1.72 bits per heavy atom. The fourth-order valence-electron chi connectivity index (χ4n) is 2.12. The molecule has 3 N–H and O–H groups in total. The Bertz CT molecular complexity index is 520. The van der Waals surface area contributed by atoms with Gasteiger partial charge in [-0.15, -0.1) is 0 Å². The number of hydrogen-bond donors (Lipinski definition) is 2. The molecule has 0 atom stereocenters. The molecule has 1 aromatic rings. The first kappa shape index (κ1) is 13.2. The highest BCUT2D eigenvalue weighted by atomic mass is 32.2. The summed E-state index contributed by atoms with van der Waals surface area (Å²) < 4.78 is 26.3. The molecule has 1 aliphatic heterocycles. The first-order valence-electron chi connectivity index (χ1n) is 6.10. The highest BCUT2D eigenvalue weighted by Gasteiger charge is 2.25. The molecule has 6 heteroatoms. The van der Waals surface area contributed by atoms with Gasteiger partial charge in [-0.1, -0.05) is 12.8 Å². The van der Waals surface area contributed by atoms with E-state index >= 15 is 0 Å². The number of nitrogens with two attached hydrogens (primary N) is 1. The number of rotatable bonds is 2. The molecule has 5 nitrogen and oxygen atoms in total. The topological polar surface area (TPSA) is 83.6 Å². The number of anilines is 1. The molecule has 1 saturated heterocycles. The van der Waals surface area contributed by atoms with Gasteiger partial charge in [0.1, 0.15) is 5.75 Å². The minimum atomic E-state index is -3.48. The number of aromatic hydroxyl groups is 1. The molecule has 1 heterocycles. The van der Waals surface area contributed by atoms with Crippen LogP contribution in [0.4, 0.5) is 5.69 Å². The number of benzene rings is 1. The number of sulfonamides is 1. The monoisotopic (exact) mass is 270 g/mol. The summed E-state index contributed by atoms with van der Waals surface area (Å²) in [6, 6.07) is 4.03. The number of phenols is 1. The van der Waals surface area contributed by atoms with Gasteiger partial charge in [-0.25, -0.2) is 8.42 Å². The second-order valence-electron chi connectivity index (χ2n) is 4.54. The molecule has 0 amide bonds. The van der Waals surface area contributed by atoms with Crippen LogP contribution >= 0.6 is 0 Å². The van der Waals surface area contributed by atoms with Gasteiger partial charge in [-0.3, -0.25) is 0 Å². The lowest BCUT2D eigenvalue weighted by molar-refractivity contribution is 0.423. The average molecular weight is 270 g/mol. The summed E-state index contributed by atoms with van der Waals surface area (Å²) in [5.41, 5.74) is 5.63. The summed E-state index contributed by atoms with van der Waals surface area (Å²) in [5.74, 6) is -0.0928. The third kappa shape index (κ3) is 2.59. The van der Waals surface area contributed by atoms with E-state index < -0.39 is 10.0 Å². The van der Waals surface area contributed by atoms with Crippen molar-refractivity contribution in [3.05, 3.63) is 18.2 Å². The van der Waals surface area contributed by atoms with Crippen molar-refractivity contribution in [2.24, 2.45) is 0 Å². The smallest absolute Gasteiger partial charge is 0.243 e. The zero-order valence-electron chi connectivity index (χ0n) is 10.2. The van der Waals surface area contributed by atoms with Gasteiger partial charge in [0.2, 0.25) is 10.0 Å². The maximum absolute atomic E-state index is 12.4. The van der Waals surface area contributed by atoms with E-state index in [-0.39, 0.29) is 16.3 Å². The molecule has 0 spiro atoms. The Morgan fingerprint density at radius 1 is 1.11 bits per heavy atom. The predicted molar refractivity (Wildman–Crippen MR) is 69.7 cm³/mol. The average Bonchev–Trinajstić information content (AvgIpc) is 2.61. The quantitative estimate of drug-likeness (QED) is 0.630. The lowest BCUT2D eigenvalue weighted by Crippen LogP contribution is -2.31. The largest absolute Gasteiger partial charge is 0.506 e. The van der Waals surface area contributed by atoms with Crippen LogP contribution in [-0.4, -0.2) is 30.9 Å². The molecule has 1 aromatic carbocycles. The van der Waals surface area contributed by atoms with Crippen LogP contribution in [0.25, 0.3) is 0 Å². The Kier molecular flexibility index (Phi) is 3.77. The van der Waals surface area contributed by atoms with E-state index in [2.05, 4.69) is 0 Å². The van der Waals surface area contributed by atoms with Crippen LogP contribution in [0.5, 0.6) is 5.75 Å². The van der Waals surface area contributed by atoms with E-state index in [1.165, 1.54) is 22.5 Å². The molecule has 0 unspecified atom stereocenters. The Labute approximate surface area is 107 Å². The number of nitrogen functional groups attached to an aromatic ring is 1. The fraction of sp³-hybridized carbons (Fsp3) is 0.500. The summed E-state index contributed by atoms with van der Waals surface area (Å²) in [7, 11) is -3.48. The molecular formula is C12H18N2O3S. The summed E-state index contributed by atoms with van der Waals surface area (Å²) in [5, 5.41) is 9.33. The maximum atomic E-state index is 12.4. The lowest BCUT2D eigenvalue weighted by Gasteiger charge is -2.20. The SMILES string of the molecule is Nc1cc(S(=O)(=O)N2CCCCCC2)ccc1O. The molecule has 18 heavy (non-hydrogen) atoms. The van der Waals surface area contributed by atoms with Crippen LogP contribution in [-0.2, 0) is 10.0 Å². The molecule has 100 valence electrons. The summed E-state index contributed by atoms with van der Waals surface area (Å²) >= 11 is 0. The molecule has 0 bridgehead atoms. The van der Waals surface area contributed by atoms with Crippen LogP contribution in [0, 0.1) is 0 Å². The molecule has 2 rings (SSSR count). The summed E-state index contributed by atoms with van der Waals surface area (Å²) in [6.45, 7) is 1.12. The van der Waals surface area contributed by atoms with Crippen LogP contribution in [0.15, 0.2) is 23.1 Å². The van der Waals surface area contributed by atoms with Crippen molar-refractivity contribution in [2.45, 2.75) is 30.6 Å². The van der Waals surface area contributed by atoms with E-state index in [1.54, 1.807) is 0 Å². The molecule has 0 radical (unpaired) electrons. The highest BCUT2D eigenvalue weighted by molar-refractivity contribution is 7.89. The van der Waals surface area contributed by atoms with E-state index in [9.17, 15) is 13.5 Å². The zero-order chi connectivity index (χ0) is 13.2. The summed E-state index contributed by atoms with van der Waals surface area (Å²) in [4.78, 5) is 0.153. The molecule has 1 aliphatic rings. The van der Waals surface area contributed by atoms with Crippen molar-refractivity contribution in [2.75, 3.05) is 18.8 Å². The van der Waals surface area contributed by atoms with Crippen molar-refractivity contribution < 1.29 is 13.5 Å². The van der Waals surface area contributed by atoms with Gasteiger partial charge < -0.3 is 10.8 Å². The number of phenolic OH excluding ortho intramolecular Hbond substituents is 1. The van der Waals surface area contributed by atoms with Gasteiger partial charge >= 0.3 is 0 Å². The van der Waals surface area contributed by atoms with Crippen LogP contribution in [0.1, 0.15) is 25.7 Å². The van der Waals surface area contributed by atoms with Gasteiger partial charge in [0.05, 0.1) is 10.6 Å². The van der Waals surface area contributed by atoms with Gasteiger partial charge in [0.25, 0.3) is 0 Å². The Hall–Kier alpha value is -1.27. The van der Waals surface area contributed by atoms with Gasteiger partial charge in [-0.05, 0) is 31.0 Å². The summed E-state index contributed by atoms with van der Waals surface area (Å²) in [6.07, 6.45) is 3.94. The standard InChI is InChI=1S/C12H18N2O3S/c13-11-9-10(5-6-12(11)15)18(16,17)14-7-3-1-2-4-8-14/h5-6,9,15H,1-4,7-8,13H2. The maximum Gasteiger partial charge on any atom is 0.243 e. The van der Waals surface area contributed by atoms with Crippen molar-refractivity contribution in [3.8, 4) is 5.75 Å². The highest BCUT2D eigenvalue weighted by Crippen LogP contribution is 2.26. The molecule has 1 fully saturated rings. The van der Waals surface area contributed by atoms with Crippen molar-refractivity contribution in [1.29, 1.82) is 0 Å². The van der Waals surface area contributed by atoms with Gasteiger partial charge in [-0.2, -0.15) is 4.31 Å². The van der Waals surface area contributed by atoms with Crippen LogP contribution < -0.4 is 5.73 Å². The zero-order valence-corrected chi connectivity index (χ0v) is 11.0. The molecular weight excluding hydrogens is 252 g/mol. The number of hydrogen-bond acceptors (Lipinski definition) is 4. The van der Waals surface area contributed by atoms with Crippen molar-refractivity contribution >= 4 is 15.7 Å². The normalized spacial score (nSPS) is 18.4. The molecule has 0 aromatic heterocycles. The minimum absolute atomic E-state index is 0.0888. The van der Waals surface area contributed by atoms with Gasteiger partial charge in [0, 0.05) is 13.1 Å². The Balaban J connectivity index is 2.31. The third-order valence-corrected chi connectivity index (χ3v) is 5.10. The fourth-order valence-corrected chi connectivity index (χ4v) is 3.68. The van der Waals surface area contributed by atoms with E-state index in [0.29, 0.717) is 13.1 Å². The van der Waals surface area contributed by atoms with Gasteiger partial charge in [0.15, 0.2) is 0 Å². The van der Waals surface area contributed by atoms with Crippen molar-refractivity contribution in [3.63, 3.8) is 0 Å².